The first-order valence-electron chi connectivity index (χ1n) is 6.92. The largest absolute Gasteiger partial charge is 0.307 e. The summed E-state index contributed by atoms with van der Waals surface area (Å²) in [6.45, 7) is 7.88. The molecule has 1 fully saturated rings. The first-order valence-corrected chi connectivity index (χ1v) is 6.92. The van der Waals surface area contributed by atoms with Crippen LogP contribution in [0.25, 0.3) is 0 Å². The predicted octanol–water partition coefficient (Wildman–Crippen LogP) is 4.23. The monoisotopic (exact) mass is 249 g/mol. The molecule has 1 saturated heterocycles. The van der Waals surface area contributed by atoms with E-state index in [1.807, 2.05) is 12.1 Å². The molecular weight excluding hydrogens is 225 g/mol. The highest BCUT2D eigenvalue weighted by Crippen LogP contribution is 2.40. The van der Waals surface area contributed by atoms with Crippen molar-refractivity contribution in [3.05, 3.63) is 35.6 Å². The van der Waals surface area contributed by atoms with Gasteiger partial charge in [-0.05, 0) is 48.9 Å². The fourth-order valence-electron chi connectivity index (χ4n) is 3.14. The highest BCUT2D eigenvalue weighted by molar-refractivity contribution is 5.26. The van der Waals surface area contributed by atoms with Gasteiger partial charge in [0, 0.05) is 5.54 Å². The molecule has 1 heterocycles. The Hall–Kier alpha value is -0.890. The van der Waals surface area contributed by atoms with Gasteiger partial charge in [-0.1, -0.05) is 39.3 Å². The standard InChI is InChI=1S/C16H24FN/c1-15(2,3)12-16(10-4-5-11-18-16)13-6-8-14(17)9-7-13/h6-9,18H,4-5,10-12H2,1-3H3. The van der Waals surface area contributed by atoms with E-state index in [1.54, 1.807) is 12.1 Å². The lowest BCUT2D eigenvalue weighted by Gasteiger charge is -2.43. The Balaban J connectivity index is 2.32. The molecule has 18 heavy (non-hydrogen) atoms. The van der Waals surface area contributed by atoms with Crippen LogP contribution in [0.15, 0.2) is 24.3 Å². The first-order chi connectivity index (χ1) is 8.41. The second kappa shape index (κ2) is 5.00. The van der Waals surface area contributed by atoms with E-state index < -0.39 is 0 Å². The summed E-state index contributed by atoms with van der Waals surface area (Å²) in [4.78, 5) is 0. The average molecular weight is 249 g/mol. The fraction of sp³-hybridized carbons (Fsp3) is 0.625. The third-order valence-corrected chi connectivity index (χ3v) is 3.72. The van der Waals surface area contributed by atoms with E-state index in [-0.39, 0.29) is 16.8 Å². The van der Waals surface area contributed by atoms with Crippen LogP contribution >= 0.6 is 0 Å². The number of nitrogens with one attached hydrogen (secondary N) is 1. The molecule has 100 valence electrons. The average Bonchev–Trinajstić information content (AvgIpc) is 2.28. The van der Waals surface area contributed by atoms with Gasteiger partial charge in [0.25, 0.3) is 0 Å². The quantitative estimate of drug-likeness (QED) is 0.827. The van der Waals surface area contributed by atoms with Crippen molar-refractivity contribution in [1.82, 2.24) is 5.32 Å². The van der Waals surface area contributed by atoms with Crippen molar-refractivity contribution in [2.24, 2.45) is 5.41 Å². The Morgan fingerprint density at radius 1 is 1.17 bits per heavy atom. The Kier molecular flexibility index (Phi) is 3.76. The molecule has 0 bridgehead atoms. The van der Waals surface area contributed by atoms with Crippen LogP contribution in [0, 0.1) is 11.2 Å². The smallest absolute Gasteiger partial charge is 0.123 e. The van der Waals surface area contributed by atoms with E-state index in [9.17, 15) is 4.39 Å². The number of piperidine rings is 1. The van der Waals surface area contributed by atoms with Crippen LogP contribution in [0.3, 0.4) is 0 Å². The molecule has 1 aromatic rings. The van der Waals surface area contributed by atoms with Crippen molar-refractivity contribution in [2.45, 2.75) is 52.0 Å². The van der Waals surface area contributed by atoms with Crippen molar-refractivity contribution in [3.8, 4) is 0 Å². The van der Waals surface area contributed by atoms with Crippen LogP contribution in [-0.2, 0) is 5.54 Å². The molecule has 2 heteroatoms. The number of hydrogen-bond acceptors (Lipinski definition) is 1. The van der Waals surface area contributed by atoms with E-state index in [0.717, 1.165) is 19.4 Å². The van der Waals surface area contributed by atoms with Crippen LogP contribution in [0.4, 0.5) is 4.39 Å². The van der Waals surface area contributed by atoms with E-state index in [2.05, 4.69) is 26.1 Å². The number of hydrogen-bond donors (Lipinski definition) is 1. The van der Waals surface area contributed by atoms with Gasteiger partial charge in [0.2, 0.25) is 0 Å². The second-order valence-corrected chi connectivity index (χ2v) is 6.71. The third-order valence-electron chi connectivity index (χ3n) is 3.72. The zero-order chi connectivity index (χ0) is 13.2. The maximum Gasteiger partial charge on any atom is 0.123 e. The van der Waals surface area contributed by atoms with Gasteiger partial charge >= 0.3 is 0 Å². The Morgan fingerprint density at radius 3 is 2.33 bits per heavy atom. The molecule has 0 aromatic heterocycles. The molecule has 1 aliphatic heterocycles. The lowest BCUT2D eigenvalue weighted by Crippen LogP contribution is -2.48. The molecule has 1 unspecified atom stereocenters. The molecule has 0 amide bonds. The summed E-state index contributed by atoms with van der Waals surface area (Å²) in [6, 6.07) is 7.05. The highest BCUT2D eigenvalue weighted by atomic mass is 19.1. The second-order valence-electron chi connectivity index (χ2n) is 6.71. The maximum absolute atomic E-state index is 13.1. The molecule has 0 aliphatic carbocycles. The molecule has 1 aromatic carbocycles. The van der Waals surface area contributed by atoms with Crippen LogP contribution in [0.5, 0.6) is 0 Å². The van der Waals surface area contributed by atoms with Crippen molar-refractivity contribution >= 4 is 0 Å². The van der Waals surface area contributed by atoms with Gasteiger partial charge in [-0.3, -0.25) is 0 Å². The van der Waals surface area contributed by atoms with Crippen molar-refractivity contribution < 1.29 is 4.39 Å². The molecule has 1 atom stereocenters. The highest BCUT2D eigenvalue weighted by Gasteiger charge is 2.36. The first kappa shape index (κ1) is 13.5. The molecule has 1 aliphatic rings. The van der Waals surface area contributed by atoms with E-state index in [4.69, 9.17) is 0 Å². The van der Waals surface area contributed by atoms with Crippen LogP contribution in [0.2, 0.25) is 0 Å². The normalized spacial score (nSPS) is 25.1. The molecule has 1 nitrogen and oxygen atoms in total. The lowest BCUT2D eigenvalue weighted by atomic mass is 9.72. The Bertz CT molecular complexity index is 383. The number of rotatable bonds is 2. The summed E-state index contributed by atoms with van der Waals surface area (Å²) >= 11 is 0. The summed E-state index contributed by atoms with van der Waals surface area (Å²) in [5, 5.41) is 3.70. The van der Waals surface area contributed by atoms with Crippen molar-refractivity contribution in [3.63, 3.8) is 0 Å². The molecule has 1 N–H and O–H groups in total. The number of benzene rings is 1. The van der Waals surface area contributed by atoms with E-state index in [1.165, 1.54) is 18.4 Å². The molecule has 2 rings (SSSR count). The maximum atomic E-state index is 13.1. The zero-order valence-electron chi connectivity index (χ0n) is 11.7. The van der Waals surface area contributed by atoms with Crippen LogP contribution in [-0.4, -0.2) is 6.54 Å². The predicted molar refractivity (Wildman–Crippen MR) is 74.0 cm³/mol. The summed E-state index contributed by atoms with van der Waals surface area (Å²) in [6.07, 6.45) is 4.73. The summed E-state index contributed by atoms with van der Waals surface area (Å²) in [5.74, 6) is -0.152. The van der Waals surface area contributed by atoms with Crippen LogP contribution in [0.1, 0.15) is 52.0 Å². The molecule has 0 radical (unpaired) electrons. The minimum absolute atomic E-state index is 0.0319. The topological polar surface area (TPSA) is 12.0 Å². The molecular formula is C16H24FN. The van der Waals surface area contributed by atoms with Gasteiger partial charge in [0.05, 0.1) is 0 Å². The van der Waals surface area contributed by atoms with Gasteiger partial charge < -0.3 is 5.32 Å². The van der Waals surface area contributed by atoms with E-state index in [0.29, 0.717) is 0 Å². The minimum Gasteiger partial charge on any atom is -0.307 e. The summed E-state index contributed by atoms with van der Waals surface area (Å²) in [7, 11) is 0. The van der Waals surface area contributed by atoms with Crippen molar-refractivity contribution in [1.29, 1.82) is 0 Å². The van der Waals surface area contributed by atoms with Gasteiger partial charge in [0.15, 0.2) is 0 Å². The van der Waals surface area contributed by atoms with Crippen molar-refractivity contribution in [2.75, 3.05) is 6.54 Å². The Morgan fingerprint density at radius 2 is 1.83 bits per heavy atom. The molecule has 0 spiro atoms. The van der Waals surface area contributed by atoms with Gasteiger partial charge in [-0.2, -0.15) is 0 Å². The van der Waals surface area contributed by atoms with E-state index >= 15 is 0 Å². The summed E-state index contributed by atoms with van der Waals surface area (Å²) in [5.41, 5.74) is 1.53. The third kappa shape index (κ3) is 3.11. The zero-order valence-corrected chi connectivity index (χ0v) is 11.7. The van der Waals surface area contributed by atoms with Gasteiger partial charge in [0.1, 0.15) is 5.82 Å². The SMILES string of the molecule is CC(C)(C)CC1(c2ccc(F)cc2)CCCCN1. The van der Waals surface area contributed by atoms with Gasteiger partial charge in [-0.25, -0.2) is 4.39 Å². The summed E-state index contributed by atoms with van der Waals surface area (Å²) < 4.78 is 13.1. The molecule has 0 saturated carbocycles. The fourth-order valence-corrected chi connectivity index (χ4v) is 3.14. The Labute approximate surface area is 110 Å². The van der Waals surface area contributed by atoms with Crippen LogP contribution < -0.4 is 5.32 Å². The lowest BCUT2D eigenvalue weighted by molar-refractivity contribution is 0.169. The minimum atomic E-state index is -0.152. The number of halogens is 1. The van der Waals surface area contributed by atoms with Gasteiger partial charge in [-0.15, -0.1) is 0 Å².